The molecule has 0 spiro atoms. The van der Waals surface area contributed by atoms with Crippen LogP contribution >= 0.6 is 0 Å². The number of nitrogens with one attached hydrogen (secondary N) is 1. The number of hydrogen-bond donors (Lipinski definition) is 1. The average Bonchev–Trinajstić information content (AvgIpc) is 2.44. The lowest BCUT2D eigenvalue weighted by Gasteiger charge is -2.24. The summed E-state index contributed by atoms with van der Waals surface area (Å²) >= 11 is 0. The van der Waals surface area contributed by atoms with E-state index >= 15 is 0 Å². The molecule has 0 radical (unpaired) electrons. The topological polar surface area (TPSA) is 75.7 Å². The van der Waals surface area contributed by atoms with E-state index in [2.05, 4.69) is 5.32 Å². The van der Waals surface area contributed by atoms with Gasteiger partial charge in [-0.05, 0) is 18.6 Å². The number of ether oxygens (including phenoxy) is 1. The van der Waals surface area contributed by atoms with Gasteiger partial charge in [-0.15, -0.1) is 0 Å². The van der Waals surface area contributed by atoms with Crippen molar-refractivity contribution in [3.8, 4) is 5.75 Å². The van der Waals surface area contributed by atoms with E-state index in [9.17, 15) is 13.2 Å². The van der Waals surface area contributed by atoms with Gasteiger partial charge < -0.3 is 10.1 Å². The highest BCUT2D eigenvalue weighted by Gasteiger charge is 2.21. The van der Waals surface area contributed by atoms with Crippen LogP contribution in [0.1, 0.15) is 19.8 Å². The number of amides is 1. The van der Waals surface area contributed by atoms with Crippen LogP contribution in [0.4, 0.5) is 5.69 Å². The molecule has 0 fully saturated rings. The van der Waals surface area contributed by atoms with Crippen molar-refractivity contribution in [3.63, 3.8) is 0 Å². The van der Waals surface area contributed by atoms with Crippen LogP contribution in [0.15, 0.2) is 24.3 Å². The zero-order valence-corrected chi connectivity index (χ0v) is 13.4. The molecular formula is C14H22N2O4S. The highest BCUT2D eigenvalue weighted by atomic mass is 32.2. The Bertz CT molecular complexity index is 572. The quantitative estimate of drug-likeness (QED) is 0.786. The van der Waals surface area contributed by atoms with Crippen LogP contribution in [0.2, 0.25) is 0 Å². The molecule has 21 heavy (non-hydrogen) atoms. The molecule has 6 nitrogen and oxygen atoms in total. The third-order valence-electron chi connectivity index (χ3n) is 2.87. The molecule has 0 aliphatic carbocycles. The Balaban J connectivity index is 2.90. The maximum atomic E-state index is 12.0. The zero-order chi connectivity index (χ0) is 15.9. The monoisotopic (exact) mass is 314 g/mol. The van der Waals surface area contributed by atoms with Crippen molar-refractivity contribution in [1.82, 2.24) is 5.32 Å². The molecule has 1 rings (SSSR count). The first-order valence-corrected chi connectivity index (χ1v) is 8.62. The number of sulfonamides is 1. The van der Waals surface area contributed by atoms with Crippen LogP contribution < -0.4 is 14.4 Å². The molecular weight excluding hydrogens is 292 g/mol. The molecule has 118 valence electrons. The van der Waals surface area contributed by atoms with Gasteiger partial charge in [0.1, 0.15) is 5.75 Å². The van der Waals surface area contributed by atoms with Gasteiger partial charge in [-0.1, -0.05) is 19.1 Å². The molecule has 0 aliphatic rings. The summed E-state index contributed by atoms with van der Waals surface area (Å²) in [4.78, 5) is 11.7. The second kappa shape index (κ2) is 7.87. The number of anilines is 1. The summed E-state index contributed by atoms with van der Waals surface area (Å²) in [5.41, 5.74) is 0.436. The number of benzene rings is 1. The number of hydrogen-bond acceptors (Lipinski definition) is 4. The van der Waals surface area contributed by atoms with Crippen molar-refractivity contribution in [1.29, 1.82) is 0 Å². The summed E-state index contributed by atoms with van der Waals surface area (Å²) in [6.07, 6.45) is 2.06. The first-order valence-electron chi connectivity index (χ1n) is 6.77. The predicted molar refractivity (Wildman–Crippen MR) is 83.1 cm³/mol. The van der Waals surface area contributed by atoms with E-state index in [1.165, 1.54) is 11.4 Å². The zero-order valence-electron chi connectivity index (χ0n) is 12.6. The Hall–Kier alpha value is -1.76. The molecule has 0 aromatic heterocycles. The van der Waals surface area contributed by atoms with E-state index in [0.717, 1.165) is 12.7 Å². The molecule has 7 heteroatoms. The van der Waals surface area contributed by atoms with Crippen molar-refractivity contribution in [2.45, 2.75) is 19.8 Å². The van der Waals surface area contributed by atoms with E-state index < -0.39 is 10.0 Å². The van der Waals surface area contributed by atoms with E-state index in [1.54, 1.807) is 24.3 Å². The summed E-state index contributed by atoms with van der Waals surface area (Å²) in [5.74, 6) is 0.289. The maximum absolute atomic E-state index is 12.0. The normalized spacial score (nSPS) is 11.0. The molecule has 0 aliphatic heterocycles. The number of carbonyl (C=O) groups is 1. The third-order valence-corrected chi connectivity index (χ3v) is 4.05. The van der Waals surface area contributed by atoms with Gasteiger partial charge in [-0.25, -0.2) is 8.42 Å². The van der Waals surface area contributed by atoms with E-state index in [0.29, 0.717) is 18.0 Å². The number of carbonyl (C=O) groups excluding carboxylic acids is 1. The van der Waals surface area contributed by atoms with Gasteiger partial charge in [-0.3, -0.25) is 9.10 Å². The number of rotatable bonds is 8. The Morgan fingerprint density at radius 3 is 2.57 bits per heavy atom. The van der Waals surface area contributed by atoms with Crippen molar-refractivity contribution in [2.24, 2.45) is 0 Å². The molecule has 0 unspecified atom stereocenters. The van der Waals surface area contributed by atoms with Gasteiger partial charge in [0.05, 0.1) is 19.1 Å². The van der Waals surface area contributed by atoms with Gasteiger partial charge in [0.25, 0.3) is 0 Å². The van der Waals surface area contributed by atoms with Crippen LogP contribution in [0.25, 0.3) is 0 Å². The minimum Gasteiger partial charge on any atom is -0.495 e. The maximum Gasteiger partial charge on any atom is 0.232 e. The van der Waals surface area contributed by atoms with E-state index in [1.807, 2.05) is 6.92 Å². The molecule has 1 amide bonds. The third kappa shape index (κ3) is 5.26. The van der Waals surface area contributed by atoms with Crippen molar-refractivity contribution in [3.05, 3.63) is 24.3 Å². The Morgan fingerprint density at radius 2 is 2.00 bits per heavy atom. The predicted octanol–water partition coefficient (Wildman–Crippen LogP) is 1.38. The minimum atomic E-state index is -3.49. The number of methoxy groups -OCH3 is 1. The van der Waals surface area contributed by atoms with Crippen LogP contribution in [-0.2, 0) is 14.8 Å². The molecule has 0 saturated carbocycles. The fraction of sp³-hybridized carbons (Fsp3) is 0.500. The molecule has 1 N–H and O–H groups in total. The SMILES string of the molecule is CCCNC(=O)CCN(c1ccccc1OC)S(C)(=O)=O. The molecule has 0 atom stereocenters. The first kappa shape index (κ1) is 17.3. The lowest BCUT2D eigenvalue weighted by Crippen LogP contribution is -2.35. The summed E-state index contributed by atoms with van der Waals surface area (Å²) in [5, 5.41) is 2.73. The highest BCUT2D eigenvalue weighted by molar-refractivity contribution is 7.92. The largest absolute Gasteiger partial charge is 0.495 e. The summed E-state index contributed by atoms with van der Waals surface area (Å²) < 4.78 is 30.3. The molecule has 1 aromatic carbocycles. The molecule has 0 heterocycles. The minimum absolute atomic E-state index is 0.0781. The standard InChI is InChI=1S/C14H22N2O4S/c1-4-10-15-14(17)9-11-16(21(3,18)19)12-7-5-6-8-13(12)20-2/h5-8H,4,9-11H2,1-3H3,(H,15,17). The average molecular weight is 314 g/mol. The Kier molecular flexibility index (Phi) is 6.48. The van der Waals surface area contributed by atoms with Crippen LogP contribution in [0, 0.1) is 0 Å². The number of nitrogens with zero attached hydrogens (tertiary/aromatic N) is 1. The second-order valence-electron chi connectivity index (χ2n) is 4.61. The lowest BCUT2D eigenvalue weighted by atomic mass is 10.3. The smallest absolute Gasteiger partial charge is 0.232 e. The summed E-state index contributed by atoms with van der Waals surface area (Å²) in [6.45, 7) is 2.62. The Labute approximate surface area is 126 Å². The van der Waals surface area contributed by atoms with Gasteiger partial charge in [0, 0.05) is 19.5 Å². The van der Waals surface area contributed by atoms with Gasteiger partial charge >= 0.3 is 0 Å². The van der Waals surface area contributed by atoms with Crippen molar-refractivity contribution >= 4 is 21.6 Å². The van der Waals surface area contributed by atoms with Gasteiger partial charge in [0.15, 0.2) is 0 Å². The van der Waals surface area contributed by atoms with Gasteiger partial charge in [-0.2, -0.15) is 0 Å². The van der Waals surface area contributed by atoms with Crippen molar-refractivity contribution in [2.75, 3.05) is 30.8 Å². The summed E-state index contributed by atoms with van der Waals surface area (Å²) in [7, 11) is -2.01. The second-order valence-corrected chi connectivity index (χ2v) is 6.51. The van der Waals surface area contributed by atoms with Crippen LogP contribution in [0.3, 0.4) is 0 Å². The van der Waals surface area contributed by atoms with Crippen LogP contribution in [-0.4, -0.2) is 40.8 Å². The number of para-hydroxylation sites is 2. The van der Waals surface area contributed by atoms with Crippen molar-refractivity contribution < 1.29 is 17.9 Å². The molecule has 0 bridgehead atoms. The highest BCUT2D eigenvalue weighted by Crippen LogP contribution is 2.29. The van der Waals surface area contributed by atoms with E-state index in [4.69, 9.17) is 4.74 Å². The van der Waals surface area contributed by atoms with Crippen LogP contribution in [0.5, 0.6) is 5.75 Å². The molecule has 0 saturated heterocycles. The van der Waals surface area contributed by atoms with E-state index in [-0.39, 0.29) is 18.9 Å². The fourth-order valence-electron chi connectivity index (χ4n) is 1.86. The van der Waals surface area contributed by atoms with Gasteiger partial charge in [0.2, 0.25) is 15.9 Å². The fourth-order valence-corrected chi connectivity index (χ4v) is 2.79. The summed E-state index contributed by atoms with van der Waals surface area (Å²) in [6, 6.07) is 6.83. The Morgan fingerprint density at radius 1 is 1.33 bits per heavy atom. The first-order chi connectivity index (χ1) is 9.90. The lowest BCUT2D eigenvalue weighted by molar-refractivity contribution is -0.120. The molecule has 1 aromatic rings.